The van der Waals surface area contributed by atoms with Gasteiger partial charge >= 0.3 is 0 Å². The van der Waals surface area contributed by atoms with Crippen LogP contribution in [0, 0.1) is 6.92 Å². The molecule has 2 rings (SSSR count). The van der Waals surface area contributed by atoms with Crippen molar-refractivity contribution >= 4 is 11.8 Å². The summed E-state index contributed by atoms with van der Waals surface area (Å²) in [5, 5.41) is 2.85. The Kier molecular flexibility index (Phi) is 7.23. The highest BCUT2D eigenvalue weighted by molar-refractivity contribution is 5.83. The van der Waals surface area contributed by atoms with E-state index in [1.807, 2.05) is 37.3 Å². The van der Waals surface area contributed by atoms with E-state index < -0.39 is 0 Å². The fourth-order valence-corrected chi connectivity index (χ4v) is 2.61. The maximum Gasteiger partial charge on any atom is 0.239 e. The number of carbonyl (C=O) groups is 2. The van der Waals surface area contributed by atoms with Crippen molar-refractivity contribution in [2.75, 3.05) is 20.8 Å². The van der Waals surface area contributed by atoms with Crippen LogP contribution in [-0.2, 0) is 22.7 Å². The lowest BCUT2D eigenvalue weighted by Crippen LogP contribution is -2.39. The van der Waals surface area contributed by atoms with E-state index in [9.17, 15) is 9.59 Å². The van der Waals surface area contributed by atoms with Gasteiger partial charge in [0, 0.05) is 20.0 Å². The Bertz CT molecular complexity index is 787. The standard InChI is InChI=1S/C21H26N2O4/c1-15-5-7-17(8-6-15)12-22-21(25)14-23(16(2)24)13-18-9-10-19(26-3)20(11-18)27-4/h5-11H,12-14H2,1-4H3,(H,22,25). The zero-order valence-electron chi connectivity index (χ0n) is 16.2. The molecule has 1 N–H and O–H groups in total. The topological polar surface area (TPSA) is 67.9 Å². The van der Waals surface area contributed by atoms with Crippen LogP contribution in [0.4, 0.5) is 0 Å². The van der Waals surface area contributed by atoms with Crippen LogP contribution < -0.4 is 14.8 Å². The fraction of sp³-hybridized carbons (Fsp3) is 0.333. The summed E-state index contributed by atoms with van der Waals surface area (Å²) in [6, 6.07) is 13.4. The van der Waals surface area contributed by atoms with E-state index in [0.29, 0.717) is 24.6 Å². The highest BCUT2D eigenvalue weighted by atomic mass is 16.5. The van der Waals surface area contributed by atoms with Gasteiger partial charge < -0.3 is 19.7 Å². The lowest BCUT2D eigenvalue weighted by molar-refractivity contribution is -0.135. The minimum atomic E-state index is -0.203. The van der Waals surface area contributed by atoms with Gasteiger partial charge in [-0.15, -0.1) is 0 Å². The number of nitrogens with zero attached hydrogens (tertiary/aromatic N) is 1. The second-order valence-electron chi connectivity index (χ2n) is 6.33. The molecule has 0 saturated heterocycles. The molecule has 27 heavy (non-hydrogen) atoms. The number of benzene rings is 2. The van der Waals surface area contributed by atoms with Crippen molar-refractivity contribution in [1.82, 2.24) is 10.2 Å². The zero-order chi connectivity index (χ0) is 19.8. The summed E-state index contributed by atoms with van der Waals surface area (Å²) in [7, 11) is 3.13. The van der Waals surface area contributed by atoms with Gasteiger partial charge in [-0.1, -0.05) is 35.9 Å². The van der Waals surface area contributed by atoms with E-state index in [4.69, 9.17) is 9.47 Å². The van der Waals surface area contributed by atoms with Crippen molar-refractivity contribution in [2.45, 2.75) is 26.9 Å². The Morgan fingerprint density at radius 2 is 1.59 bits per heavy atom. The first-order valence-corrected chi connectivity index (χ1v) is 8.71. The van der Waals surface area contributed by atoms with Gasteiger partial charge in [0.15, 0.2) is 11.5 Å². The molecule has 0 aromatic heterocycles. The molecule has 0 aliphatic heterocycles. The molecule has 2 aromatic rings. The highest BCUT2D eigenvalue weighted by Gasteiger charge is 2.15. The number of carbonyl (C=O) groups excluding carboxylic acids is 2. The third-order valence-corrected chi connectivity index (χ3v) is 4.21. The van der Waals surface area contributed by atoms with E-state index in [-0.39, 0.29) is 18.4 Å². The van der Waals surface area contributed by atoms with Gasteiger partial charge in [0.25, 0.3) is 0 Å². The molecule has 0 radical (unpaired) electrons. The van der Waals surface area contributed by atoms with Crippen molar-refractivity contribution in [3.8, 4) is 11.5 Å². The van der Waals surface area contributed by atoms with Crippen molar-refractivity contribution in [3.05, 3.63) is 59.2 Å². The summed E-state index contributed by atoms with van der Waals surface area (Å²) in [5.74, 6) is 0.829. The second kappa shape index (κ2) is 9.62. The maximum atomic E-state index is 12.3. The van der Waals surface area contributed by atoms with Crippen LogP contribution in [0.25, 0.3) is 0 Å². The van der Waals surface area contributed by atoms with Crippen LogP contribution in [0.3, 0.4) is 0 Å². The Hall–Kier alpha value is -3.02. The summed E-state index contributed by atoms with van der Waals surface area (Å²) < 4.78 is 10.5. The molecule has 2 amide bonds. The molecule has 144 valence electrons. The number of ether oxygens (including phenoxy) is 2. The molecule has 6 heteroatoms. The molecule has 0 spiro atoms. The minimum absolute atomic E-state index is 0.00443. The molecule has 0 fully saturated rings. The number of nitrogens with one attached hydrogen (secondary N) is 1. The fourth-order valence-electron chi connectivity index (χ4n) is 2.61. The van der Waals surface area contributed by atoms with Gasteiger partial charge in [0.05, 0.1) is 20.8 Å². The Labute approximate surface area is 160 Å². The SMILES string of the molecule is COc1ccc(CN(CC(=O)NCc2ccc(C)cc2)C(C)=O)cc1OC. The molecule has 6 nitrogen and oxygen atoms in total. The molecule has 2 aromatic carbocycles. The first kappa shape index (κ1) is 20.3. The maximum absolute atomic E-state index is 12.3. The lowest BCUT2D eigenvalue weighted by atomic mass is 10.1. The monoisotopic (exact) mass is 370 g/mol. The number of amides is 2. The predicted octanol–water partition coefficient (Wildman–Crippen LogP) is 2.68. The summed E-state index contributed by atoms with van der Waals surface area (Å²) in [6.45, 7) is 4.21. The lowest BCUT2D eigenvalue weighted by Gasteiger charge is -2.21. The molecule has 0 aliphatic rings. The third kappa shape index (κ3) is 6.02. The van der Waals surface area contributed by atoms with Gasteiger partial charge in [-0.05, 0) is 30.2 Å². The summed E-state index contributed by atoms with van der Waals surface area (Å²) >= 11 is 0. The number of rotatable bonds is 8. The molecular formula is C21H26N2O4. The second-order valence-corrected chi connectivity index (χ2v) is 6.33. The Morgan fingerprint density at radius 3 is 2.19 bits per heavy atom. The molecule has 0 heterocycles. The first-order chi connectivity index (χ1) is 12.9. The van der Waals surface area contributed by atoms with Crippen LogP contribution in [-0.4, -0.2) is 37.5 Å². The molecule has 0 aliphatic carbocycles. The van der Waals surface area contributed by atoms with E-state index >= 15 is 0 Å². The van der Waals surface area contributed by atoms with E-state index in [1.165, 1.54) is 17.4 Å². The Balaban J connectivity index is 1.97. The predicted molar refractivity (Wildman–Crippen MR) is 104 cm³/mol. The van der Waals surface area contributed by atoms with Gasteiger partial charge in [-0.3, -0.25) is 9.59 Å². The van der Waals surface area contributed by atoms with E-state index in [1.54, 1.807) is 26.4 Å². The molecule has 0 saturated carbocycles. The number of hydrogen-bond donors (Lipinski definition) is 1. The van der Waals surface area contributed by atoms with Gasteiger partial charge in [-0.2, -0.15) is 0 Å². The van der Waals surface area contributed by atoms with Gasteiger partial charge in [0.2, 0.25) is 11.8 Å². The van der Waals surface area contributed by atoms with Crippen molar-refractivity contribution < 1.29 is 19.1 Å². The summed E-state index contributed by atoms with van der Waals surface area (Å²) in [5.41, 5.74) is 3.04. The molecule has 0 bridgehead atoms. The number of aryl methyl sites for hydroxylation is 1. The average molecular weight is 370 g/mol. The first-order valence-electron chi connectivity index (χ1n) is 8.71. The largest absolute Gasteiger partial charge is 0.493 e. The van der Waals surface area contributed by atoms with Crippen LogP contribution >= 0.6 is 0 Å². The third-order valence-electron chi connectivity index (χ3n) is 4.21. The van der Waals surface area contributed by atoms with Gasteiger partial charge in [-0.25, -0.2) is 0 Å². The average Bonchev–Trinajstić information content (AvgIpc) is 2.66. The molecule has 0 unspecified atom stereocenters. The Morgan fingerprint density at radius 1 is 0.963 bits per heavy atom. The zero-order valence-corrected chi connectivity index (χ0v) is 16.2. The van der Waals surface area contributed by atoms with Crippen LogP contribution in [0.15, 0.2) is 42.5 Å². The van der Waals surface area contributed by atoms with Crippen LogP contribution in [0.2, 0.25) is 0 Å². The summed E-state index contributed by atoms with van der Waals surface area (Å²) in [6.07, 6.45) is 0. The smallest absolute Gasteiger partial charge is 0.239 e. The normalized spacial score (nSPS) is 10.2. The van der Waals surface area contributed by atoms with E-state index in [2.05, 4.69) is 5.32 Å². The van der Waals surface area contributed by atoms with Crippen molar-refractivity contribution in [3.63, 3.8) is 0 Å². The minimum Gasteiger partial charge on any atom is -0.493 e. The quantitative estimate of drug-likeness (QED) is 0.776. The van der Waals surface area contributed by atoms with Gasteiger partial charge in [0.1, 0.15) is 0 Å². The van der Waals surface area contributed by atoms with Crippen molar-refractivity contribution in [1.29, 1.82) is 0 Å². The number of methoxy groups -OCH3 is 2. The summed E-state index contributed by atoms with van der Waals surface area (Å²) in [4.78, 5) is 25.7. The molecular weight excluding hydrogens is 344 g/mol. The number of hydrogen-bond acceptors (Lipinski definition) is 4. The van der Waals surface area contributed by atoms with E-state index in [0.717, 1.165) is 11.1 Å². The van der Waals surface area contributed by atoms with Crippen LogP contribution in [0.1, 0.15) is 23.6 Å². The molecule has 0 atom stereocenters. The van der Waals surface area contributed by atoms with Crippen LogP contribution in [0.5, 0.6) is 11.5 Å². The van der Waals surface area contributed by atoms with Crippen molar-refractivity contribution in [2.24, 2.45) is 0 Å². The highest BCUT2D eigenvalue weighted by Crippen LogP contribution is 2.28.